The summed E-state index contributed by atoms with van der Waals surface area (Å²) in [6.07, 6.45) is 5.38. The molecule has 1 saturated heterocycles. The summed E-state index contributed by atoms with van der Waals surface area (Å²) in [7, 11) is 0. The average molecular weight is 337 g/mol. The minimum absolute atomic E-state index is 0.383. The summed E-state index contributed by atoms with van der Waals surface area (Å²) in [5.74, 6) is 0.951. The van der Waals surface area contributed by atoms with Gasteiger partial charge in [0.1, 0.15) is 0 Å². The lowest BCUT2D eigenvalue weighted by molar-refractivity contribution is -0.134. The summed E-state index contributed by atoms with van der Waals surface area (Å²) in [6.45, 7) is 7.69. The summed E-state index contributed by atoms with van der Waals surface area (Å²) in [5, 5.41) is 0. The van der Waals surface area contributed by atoms with Gasteiger partial charge in [-0.15, -0.1) is 0 Å². The molecule has 0 aromatic rings. The third-order valence-corrected chi connectivity index (χ3v) is 3.85. The van der Waals surface area contributed by atoms with Crippen LogP contribution in [0.4, 0.5) is 0 Å². The van der Waals surface area contributed by atoms with Crippen LogP contribution in [0.5, 0.6) is 0 Å². The lowest BCUT2D eigenvalue weighted by atomic mass is 9.97. The summed E-state index contributed by atoms with van der Waals surface area (Å²) in [6, 6.07) is 0.442. The molecular formula is C13H24INO. The first-order valence-corrected chi connectivity index (χ1v) is 7.70. The van der Waals surface area contributed by atoms with Crippen molar-refractivity contribution in [3.05, 3.63) is 0 Å². The third kappa shape index (κ3) is 4.22. The van der Waals surface area contributed by atoms with Crippen LogP contribution in [0.1, 0.15) is 52.9 Å². The highest BCUT2D eigenvalue weighted by atomic mass is 127. The molecule has 94 valence electrons. The van der Waals surface area contributed by atoms with E-state index in [0.29, 0.717) is 21.8 Å². The first kappa shape index (κ1) is 14.3. The molecule has 16 heavy (non-hydrogen) atoms. The monoisotopic (exact) mass is 337 g/mol. The number of rotatable bonds is 4. The van der Waals surface area contributed by atoms with Crippen molar-refractivity contribution in [3.63, 3.8) is 0 Å². The second-order valence-electron chi connectivity index (χ2n) is 5.23. The van der Waals surface area contributed by atoms with Gasteiger partial charge in [0.25, 0.3) is 0 Å². The van der Waals surface area contributed by atoms with Crippen LogP contribution in [0.25, 0.3) is 0 Å². The molecule has 1 heterocycles. The van der Waals surface area contributed by atoms with E-state index in [1.165, 1.54) is 12.8 Å². The third-order valence-electron chi connectivity index (χ3n) is 3.35. The fourth-order valence-corrected chi connectivity index (χ4v) is 2.97. The maximum absolute atomic E-state index is 12.1. The van der Waals surface area contributed by atoms with Crippen LogP contribution in [-0.2, 0) is 4.79 Å². The summed E-state index contributed by atoms with van der Waals surface area (Å²) in [4.78, 5) is 14.2. The first-order chi connectivity index (χ1) is 7.52. The minimum Gasteiger partial charge on any atom is -0.339 e. The molecule has 0 N–H and O–H groups in total. The van der Waals surface area contributed by atoms with Crippen molar-refractivity contribution >= 4 is 28.5 Å². The second kappa shape index (κ2) is 6.82. The van der Waals surface area contributed by atoms with Crippen LogP contribution in [-0.4, -0.2) is 27.3 Å². The largest absolute Gasteiger partial charge is 0.339 e. The van der Waals surface area contributed by atoms with Gasteiger partial charge in [0.2, 0.25) is 5.91 Å². The Morgan fingerprint density at radius 3 is 2.50 bits per heavy atom. The molecule has 0 aromatic carbocycles. The molecule has 3 heteroatoms. The van der Waals surface area contributed by atoms with E-state index in [9.17, 15) is 4.79 Å². The number of hydrogen-bond acceptors (Lipinski definition) is 1. The van der Waals surface area contributed by atoms with Crippen molar-refractivity contribution in [1.82, 2.24) is 4.90 Å². The maximum atomic E-state index is 12.1. The van der Waals surface area contributed by atoms with Gasteiger partial charge in [-0.3, -0.25) is 4.79 Å². The number of carbonyl (C=O) groups is 1. The summed E-state index contributed by atoms with van der Waals surface area (Å²) < 4.78 is 0.640. The molecule has 1 amide bonds. The number of hydrogen-bond donors (Lipinski definition) is 0. The number of alkyl halides is 1. The molecule has 0 radical (unpaired) electrons. The number of carbonyl (C=O) groups excluding carboxylic acids is 1. The lowest BCUT2D eigenvalue weighted by Crippen LogP contribution is -2.44. The first-order valence-electron chi connectivity index (χ1n) is 6.46. The van der Waals surface area contributed by atoms with Gasteiger partial charge in [0.15, 0.2) is 0 Å². The normalized spacial score (nSPS) is 22.1. The van der Waals surface area contributed by atoms with E-state index >= 15 is 0 Å². The second-order valence-corrected chi connectivity index (χ2v) is 7.35. The molecule has 0 aromatic heterocycles. The van der Waals surface area contributed by atoms with Crippen LogP contribution < -0.4 is 0 Å². The van der Waals surface area contributed by atoms with E-state index in [4.69, 9.17) is 0 Å². The molecule has 0 bridgehead atoms. The van der Waals surface area contributed by atoms with Crippen molar-refractivity contribution in [1.29, 1.82) is 0 Å². The van der Waals surface area contributed by atoms with Crippen molar-refractivity contribution in [2.75, 3.05) is 6.54 Å². The van der Waals surface area contributed by atoms with Crippen LogP contribution in [0.2, 0.25) is 0 Å². The topological polar surface area (TPSA) is 20.3 Å². The number of likely N-dealkylation sites (tertiary alicyclic amines) is 1. The maximum Gasteiger partial charge on any atom is 0.222 e. The highest BCUT2D eigenvalue weighted by molar-refractivity contribution is 14.1. The zero-order chi connectivity index (χ0) is 12.1. The highest BCUT2D eigenvalue weighted by Gasteiger charge is 2.27. The standard InChI is InChI=1S/C13H24INO/c1-10(2)12(9-11(3)14)15-8-6-4-5-7-13(15)16/h10-12H,4-9H2,1-3H3. The van der Waals surface area contributed by atoms with E-state index in [1.807, 2.05) is 0 Å². The van der Waals surface area contributed by atoms with Crippen molar-refractivity contribution < 1.29 is 4.79 Å². The Balaban J connectivity index is 2.70. The van der Waals surface area contributed by atoms with Gasteiger partial charge < -0.3 is 4.90 Å². The highest BCUT2D eigenvalue weighted by Crippen LogP contribution is 2.23. The smallest absolute Gasteiger partial charge is 0.222 e. The molecule has 1 fully saturated rings. The molecule has 0 aliphatic carbocycles. The predicted molar refractivity (Wildman–Crippen MR) is 76.9 cm³/mol. The SMILES string of the molecule is CC(I)CC(C(C)C)N1CCCCCC1=O. The van der Waals surface area contributed by atoms with Gasteiger partial charge in [-0.25, -0.2) is 0 Å². The molecule has 1 aliphatic rings. The van der Waals surface area contributed by atoms with Crippen LogP contribution in [0.3, 0.4) is 0 Å². The molecule has 2 atom stereocenters. The number of halogens is 1. The van der Waals surface area contributed by atoms with Crippen LogP contribution >= 0.6 is 22.6 Å². The van der Waals surface area contributed by atoms with E-state index < -0.39 is 0 Å². The zero-order valence-electron chi connectivity index (χ0n) is 10.7. The lowest BCUT2D eigenvalue weighted by Gasteiger charge is -2.34. The Morgan fingerprint density at radius 1 is 1.25 bits per heavy atom. The van der Waals surface area contributed by atoms with E-state index in [0.717, 1.165) is 25.8 Å². The minimum atomic E-state index is 0.383. The zero-order valence-corrected chi connectivity index (χ0v) is 12.9. The van der Waals surface area contributed by atoms with E-state index in [-0.39, 0.29) is 0 Å². The van der Waals surface area contributed by atoms with E-state index in [2.05, 4.69) is 48.3 Å². The Morgan fingerprint density at radius 2 is 1.94 bits per heavy atom. The van der Waals surface area contributed by atoms with E-state index in [1.54, 1.807) is 0 Å². The van der Waals surface area contributed by atoms with Gasteiger partial charge in [-0.05, 0) is 25.2 Å². The number of amides is 1. The molecule has 1 aliphatic heterocycles. The molecule has 2 unspecified atom stereocenters. The van der Waals surface area contributed by atoms with Gasteiger partial charge >= 0.3 is 0 Å². The van der Waals surface area contributed by atoms with Gasteiger partial charge in [0.05, 0.1) is 0 Å². The van der Waals surface area contributed by atoms with Crippen molar-refractivity contribution in [2.45, 2.75) is 62.8 Å². The van der Waals surface area contributed by atoms with Crippen LogP contribution in [0, 0.1) is 5.92 Å². The average Bonchev–Trinajstić information content (AvgIpc) is 2.39. The predicted octanol–water partition coefficient (Wildman–Crippen LogP) is 3.63. The van der Waals surface area contributed by atoms with Crippen LogP contribution in [0.15, 0.2) is 0 Å². The quantitative estimate of drug-likeness (QED) is 0.567. The Hall–Kier alpha value is 0.200. The molecule has 2 nitrogen and oxygen atoms in total. The molecular weight excluding hydrogens is 313 g/mol. The molecule has 1 rings (SSSR count). The fraction of sp³-hybridized carbons (Fsp3) is 0.923. The Bertz CT molecular complexity index is 228. The Labute approximate surface area is 113 Å². The number of nitrogens with zero attached hydrogens (tertiary/aromatic N) is 1. The van der Waals surface area contributed by atoms with Gasteiger partial charge in [-0.2, -0.15) is 0 Å². The summed E-state index contributed by atoms with van der Waals surface area (Å²) in [5.41, 5.74) is 0. The van der Waals surface area contributed by atoms with Crippen molar-refractivity contribution in [2.24, 2.45) is 5.92 Å². The van der Waals surface area contributed by atoms with Gasteiger partial charge in [-0.1, -0.05) is 49.8 Å². The Kier molecular flexibility index (Phi) is 6.08. The molecule has 0 saturated carbocycles. The fourth-order valence-electron chi connectivity index (χ4n) is 2.45. The van der Waals surface area contributed by atoms with Gasteiger partial charge in [0, 0.05) is 22.9 Å². The van der Waals surface area contributed by atoms with Crippen molar-refractivity contribution in [3.8, 4) is 0 Å². The molecule has 0 spiro atoms. The summed E-state index contributed by atoms with van der Waals surface area (Å²) >= 11 is 2.47.